The number of para-hydroxylation sites is 1. The minimum atomic E-state index is 0.440. The summed E-state index contributed by atoms with van der Waals surface area (Å²) in [6.07, 6.45) is 0.440. The maximum Gasteiger partial charge on any atom is 0.215 e. The zero-order chi connectivity index (χ0) is 14.2. The number of nitrogens with zero attached hydrogens (tertiary/aromatic N) is 3. The molecule has 0 bridgehead atoms. The number of anilines is 2. The van der Waals surface area contributed by atoms with Crippen LogP contribution in [-0.2, 0) is 0 Å². The molecule has 0 aliphatic heterocycles. The van der Waals surface area contributed by atoms with Crippen LogP contribution < -0.4 is 9.64 Å². The van der Waals surface area contributed by atoms with Gasteiger partial charge in [0.1, 0.15) is 5.82 Å². The van der Waals surface area contributed by atoms with E-state index in [1.54, 1.807) is 0 Å². The molecular formula is C16H17N3O. The van der Waals surface area contributed by atoms with Crippen LogP contribution in [0.2, 0.25) is 0 Å². The van der Waals surface area contributed by atoms with E-state index in [4.69, 9.17) is 10.00 Å². The Hall–Kier alpha value is -2.54. The summed E-state index contributed by atoms with van der Waals surface area (Å²) in [7, 11) is 0. The van der Waals surface area contributed by atoms with E-state index in [0.29, 0.717) is 25.5 Å². The molecule has 0 amide bonds. The molecule has 0 saturated carbocycles. The van der Waals surface area contributed by atoms with Gasteiger partial charge in [0.15, 0.2) is 0 Å². The molecule has 0 aliphatic carbocycles. The van der Waals surface area contributed by atoms with Crippen molar-refractivity contribution in [2.24, 2.45) is 0 Å². The molecule has 0 spiro atoms. The van der Waals surface area contributed by atoms with Gasteiger partial charge in [-0.1, -0.05) is 24.3 Å². The van der Waals surface area contributed by atoms with Gasteiger partial charge in [-0.25, -0.2) is 0 Å². The highest BCUT2D eigenvalue weighted by Crippen LogP contribution is 2.25. The number of pyridine rings is 1. The Bertz CT molecular complexity index is 578. The Morgan fingerprint density at radius 2 is 1.95 bits per heavy atom. The van der Waals surface area contributed by atoms with Crippen LogP contribution in [0, 0.1) is 11.3 Å². The number of rotatable bonds is 6. The number of nitriles is 1. The van der Waals surface area contributed by atoms with E-state index < -0.39 is 0 Å². The first-order valence-electron chi connectivity index (χ1n) is 6.64. The maximum absolute atomic E-state index is 8.83. The monoisotopic (exact) mass is 267 g/mol. The van der Waals surface area contributed by atoms with Crippen LogP contribution in [0.3, 0.4) is 0 Å². The summed E-state index contributed by atoms with van der Waals surface area (Å²) in [5, 5.41) is 8.83. The normalized spacial score (nSPS) is 9.80. The lowest BCUT2D eigenvalue weighted by Crippen LogP contribution is -2.19. The highest BCUT2D eigenvalue weighted by atomic mass is 16.5. The van der Waals surface area contributed by atoms with Crippen molar-refractivity contribution < 1.29 is 4.74 Å². The molecular weight excluding hydrogens is 250 g/mol. The van der Waals surface area contributed by atoms with Gasteiger partial charge in [-0.3, -0.25) is 0 Å². The van der Waals surface area contributed by atoms with E-state index in [1.165, 1.54) is 0 Å². The molecule has 2 aromatic rings. The van der Waals surface area contributed by atoms with E-state index in [9.17, 15) is 0 Å². The van der Waals surface area contributed by atoms with Gasteiger partial charge in [0, 0.05) is 18.3 Å². The first-order chi connectivity index (χ1) is 9.85. The summed E-state index contributed by atoms with van der Waals surface area (Å²) in [6.45, 7) is 3.11. The Morgan fingerprint density at radius 1 is 1.15 bits per heavy atom. The number of aromatic nitrogens is 1. The second-order valence-corrected chi connectivity index (χ2v) is 4.16. The van der Waals surface area contributed by atoms with Crippen LogP contribution in [0.15, 0.2) is 48.5 Å². The van der Waals surface area contributed by atoms with E-state index in [-0.39, 0.29) is 0 Å². The smallest absolute Gasteiger partial charge is 0.215 e. The van der Waals surface area contributed by atoms with Crippen LogP contribution in [0.4, 0.5) is 11.5 Å². The van der Waals surface area contributed by atoms with E-state index in [2.05, 4.69) is 11.1 Å². The highest BCUT2D eigenvalue weighted by Gasteiger charge is 2.10. The molecule has 1 aromatic heterocycles. The standard InChI is InChI=1S/C16H17N3O/c1-2-20-16-11-6-10-15(18-16)19(13-7-12-17)14-8-4-3-5-9-14/h3-6,8-11H,2,7,13H2,1H3. The molecule has 0 N–H and O–H groups in total. The summed E-state index contributed by atoms with van der Waals surface area (Å²) < 4.78 is 5.43. The zero-order valence-corrected chi connectivity index (χ0v) is 11.5. The topological polar surface area (TPSA) is 49.1 Å². The average molecular weight is 267 g/mol. The van der Waals surface area contributed by atoms with Crippen LogP contribution in [0.5, 0.6) is 5.88 Å². The van der Waals surface area contributed by atoms with Crippen molar-refractivity contribution in [2.45, 2.75) is 13.3 Å². The Kier molecular flexibility index (Phi) is 4.96. The zero-order valence-electron chi connectivity index (χ0n) is 11.5. The van der Waals surface area contributed by atoms with Crippen molar-refractivity contribution in [1.82, 2.24) is 4.98 Å². The predicted octanol–water partition coefficient (Wildman–Crippen LogP) is 3.53. The molecule has 2 rings (SSSR count). The number of benzene rings is 1. The van der Waals surface area contributed by atoms with Gasteiger partial charge in [-0.15, -0.1) is 0 Å². The molecule has 0 unspecified atom stereocenters. The minimum Gasteiger partial charge on any atom is -0.478 e. The first kappa shape index (κ1) is 13.9. The minimum absolute atomic E-state index is 0.440. The third-order valence-corrected chi connectivity index (χ3v) is 2.79. The largest absolute Gasteiger partial charge is 0.478 e. The van der Waals surface area contributed by atoms with E-state index in [1.807, 2.05) is 60.4 Å². The van der Waals surface area contributed by atoms with Crippen molar-refractivity contribution in [3.63, 3.8) is 0 Å². The van der Waals surface area contributed by atoms with Gasteiger partial charge >= 0.3 is 0 Å². The summed E-state index contributed by atoms with van der Waals surface area (Å²) in [4.78, 5) is 6.51. The second kappa shape index (κ2) is 7.15. The van der Waals surface area contributed by atoms with Gasteiger partial charge < -0.3 is 9.64 Å². The Labute approximate surface area is 119 Å². The van der Waals surface area contributed by atoms with Crippen molar-refractivity contribution in [2.75, 3.05) is 18.1 Å². The predicted molar refractivity (Wildman–Crippen MR) is 79.1 cm³/mol. The highest BCUT2D eigenvalue weighted by molar-refractivity contribution is 5.60. The Morgan fingerprint density at radius 3 is 2.65 bits per heavy atom. The molecule has 0 radical (unpaired) electrons. The molecule has 0 atom stereocenters. The molecule has 4 heteroatoms. The van der Waals surface area contributed by atoms with Crippen molar-refractivity contribution in [3.05, 3.63) is 48.5 Å². The van der Waals surface area contributed by atoms with Gasteiger partial charge in [0.2, 0.25) is 5.88 Å². The van der Waals surface area contributed by atoms with Gasteiger partial charge in [0.25, 0.3) is 0 Å². The molecule has 4 nitrogen and oxygen atoms in total. The Balaban J connectivity index is 2.31. The molecule has 20 heavy (non-hydrogen) atoms. The second-order valence-electron chi connectivity index (χ2n) is 4.16. The van der Waals surface area contributed by atoms with Crippen molar-refractivity contribution in [3.8, 4) is 11.9 Å². The van der Waals surface area contributed by atoms with Crippen molar-refractivity contribution in [1.29, 1.82) is 5.26 Å². The summed E-state index contributed by atoms with van der Waals surface area (Å²) >= 11 is 0. The number of ether oxygens (including phenoxy) is 1. The fourth-order valence-electron chi connectivity index (χ4n) is 1.93. The van der Waals surface area contributed by atoms with Gasteiger partial charge in [0.05, 0.1) is 19.1 Å². The maximum atomic E-state index is 8.83. The third-order valence-electron chi connectivity index (χ3n) is 2.79. The molecule has 0 aliphatic rings. The molecule has 102 valence electrons. The van der Waals surface area contributed by atoms with Gasteiger partial charge in [-0.2, -0.15) is 10.2 Å². The number of hydrogen-bond donors (Lipinski definition) is 0. The molecule has 0 fully saturated rings. The summed E-state index contributed by atoms with van der Waals surface area (Å²) in [6, 6.07) is 17.8. The quantitative estimate of drug-likeness (QED) is 0.803. The van der Waals surface area contributed by atoms with Crippen LogP contribution >= 0.6 is 0 Å². The lowest BCUT2D eigenvalue weighted by molar-refractivity contribution is 0.327. The number of hydrogen-bond acceptors (Lipinski definition) is 4. The lowest BCUT2D eigenvalue weighted by Gasteiger charge is -2.23. The SMILES string of the molecule is CCOc1cccc(N(CCC#N)c2ccccc2)n1. The van der Waals surface area contributed by atoms with Crippen molar-refractivity contribution >= 4 is 11.5 Å². The summed E-state index contributed by atoms with van der Waals surface area (Å²) in [5.41, 5.74) is 1.02. The van der Waals surface area contributed by atoms with Crippen LogP contribution in [-0.4, -0.2) is 18.1 Å². The van der Waals surface area contributed by atoms with E-state index >= 15 is 0 Å². The molecule has 1 aromatic carbocycles. The fourth-order valence-corrected chi connectivity index (χ4v) is 1.93. The van der Waals surface area contributed by atoms with E-state index in [0.717, 1.165) is 11.5 Å². The molecule has 0 saturated heterocycles. The average Bonchev–Trinajstić information content (AvgIpc) is 2.50. The molecule has 1 heterocycles. The fraction of sp³-hybridized carbons (Fsp3) is 0.250. The van der Waals surface area contributed by atoms with Crippen LogP contribution in [0.25, 0.3) is 0 Å². The summed E-state index contributed by atoms with van der Waals surface area (Å²) in [5.74, 6) is 1.39. The first-order valence-corrected chi connectivity index (χ1v) is 6.64. The van der Waals surface area contributed by atoms with Gasteiger partial charge in [-0.05, 0) is 25.1 Å². The third kappa shape index (κ3) is 3.48. The van der Waals surface area contributed by atoms with Crippen LogP contribution in [0.1, 0.15) is 13.3 Å². The lowest BCUT2D eigenvalue weighted by atomic mass is 10.2.